The molecule has 8 nitrogen and oxygen atoms in total. The molecule has 0 spiro atoms. The van der Waals surface area contributed by atoms with Gasteiger partial charge in [0, 0.05) is 11.9 Å². The highest BCUT2D eigenvalue weighted by atomic mass is 16.5. The third-order valence-corrected chi connectivity index (χ3v) is 4.25. The molecular formula is C20H20N4O4. The molecule has 0 saturated heterocycles. The molecule has 0 aliphatic heterocycles. The monoisotopic (exact) mass is 380 g/mol. The van der Waals surface area contributed by atoms with Crippen LogP contribution in [0.4, 0.5) is 0 Å². The van der Waals surface area contributed by atoms with Crippen LogP contribution in [-0.2, 0) is 9.53 Å². The second-order valence-electron chi connectivity index (χ2n) is 6.30. The van der Waals surface area contributed by atoms with Crippen LogP contribution in [0.25, 0.3) is 16.4 Å². The van der Waals surface area contributed by atoms with E-state index in [1.54, 1.807) is 30.3 Å². The molecule has 1 amide bonds. The summed E-state index contributed by atoms with van der Waals surface area (Å²) in [5.74, 6) is -0.354. The van der Waals surface area contributed by atoms with Crippen LogP contribution in [0.2, 0.25) is 0 Å². The molecule has 0 radical (unpaired) electrons. The standard InChI is InChI=1S/C20H20N4O4/c1-23(13-18(22)25)9-11-28-20(26)19-15-4-2-3-5-16(15)24-12-14(27-10-8-21)6-7-17(19)24/h2-7,12H,9-11,13H2,1H3,(H2,22,25). The second kappa shape index (κ2) is 8.41. The minimum atomic E-state index is -0.447. The lowest BCUT2D eigenvalue weighted by molar-refractivity contribution is -0.118. The van der Waals surface area contributed by atoms with E-state index >= 15 is 0 Å². The number of fused-ring (bicyclic) bond motifs is 3. The molecule has 144 valence electrons. The fourth-order valence-electron chi connectivity index (χ4n) is 3.04. The van der Waals surface area contributed by atoms with Crippen LogP contribution >= 0.6 is 0 Å². The van der Waals surface area contributed by atoms with Crippen molar-refractivity contribution in [2.75, 3.05) is 33.4 Å². The summed E-state index contributed by atoms with van der Waals surface area (Å²) in [6.07, 6.45) is 1.74. The summed E-state index contributed by atoms with van der Waals surface area (Å²) in [6, 6.07) is 12.9. The van der Waals surface area contributed by atoms with Crippen LogP contribution in [-0.4, -0.2) is 54.5 Å². The summed E-state index contributed by atoms with van der Waals surface area (Å²) in [5, 5.41) is 9.45. The van der Waals surface area contributed by atoms with Gasteiger partial charge >= 0.3 is 5.97 Å². The molecule has 0 atom stereocenters. The molecule has 0 aliphatic rings. The van der Waals surface area contributed by atoms with Gasteiger partial charge in [-0.1, -0.05) is 18.2 Å². The number of pyridine rings is 1. The molecule has 2 heterocycles. The van der Waals surface area contributed by atoms with Crippen molar-refractivity contribution in [3.8, 4) is 11.8 Å². The summed E-state index contributed by atoms with van der Waals surface area (Å²) in [4.78, 5) is 25.4. The lowest BCUT2D eigenvalue weighted by atomic mass is 10.1. The van der Waals surface area contributed by atoms with Gasteiger partial charge in [0.25, 0.3) is 0 Å². The smallest absolute Gasteiger partial charge is 0.341 e. The molecule has 0 fully saturated rings. The number of primary amides is 1. The Kier molecular flexibility index (Phi) is 5.77. The number of hydrogen-bond acceptors (Lipinski definition) is 6. The summed E-state index contributed by atoms with van der Waals surface area (Å²) < 4.78 is 12.6. The van der Waals surface area contributed by atoms with Gasteiger partial charge in [0.15, 0.2) is 6.61 Å². The molecular weight excluding hydrogens is 360 g/mol. The van der Waals surface area contributed by atoms with Crippen molar-refractivity contribution < 1.29 is 19.1 Å². The Morgan fingerprint density at radius 1 is 1.21 bits per heavy atom. The number of nitrogens with zero attached hydrogens (tertiary/aromatic N) is 3. The first-order chi connectivity index (χ1) is 13.5. The Balaban J connectivity index is 1.88. The summed E-state index contributed by atoms with van der Waals surface area (Å²) in [5.41, 5.74) is 7.12. The zero-order chi connectivity index (χ0) is 20.1. The predicted molar refractivity (Wildman–Crippen MR) is 103 cm³/mol. The van der Waals surface area contributed by atoms with Crippen molar-refractivity contribution >= 4 is 28.3 Å². The van der Waals surface area contributed by atoms with Crippen molar-refractivity contribution in [3.63, 3.8) is 0 Å². The number of nitriles is 1. The SMILES string of the molecule is CN(CCOC(=O)c1c2ccccc2n2cc(OCC#N)ccc12)CC(N)=O. The largest absolute Gasteiger partial charge is 0.477 e. The van der Waals surface area contributed by atoms with Gasteiger partial charge in [-0.05, 0) is 25.2 Å². The molecule has 0 aliphatic carbocycles. The second-order valence-corrected chi connectivity index (χ2v) is 6.30. The van der Waals surface area contributed by atoms with E-state index in [4.69, 9.17) is 20.5 Å². The Morgan fingerprint density at radius 2 is 2.00 bits per heavy atom. The number of ether oxygens (including phenoxy) is 2. The van der Waals surface area contributed by atoms with E-state index in [0.29, 0.717) is 23.4 Å². The number of nitrogens with two attached hydrogens (primary N) is 1. The lowest BCUT2D eigenvalue weighted by Crippen LogP contribution is -2.33. The highest BCUT2D eigenvalue weighted by Gasteiger charge is 2.20. The molecule has 0 saturated carbocycles. The Bertz CT molecular complexity index is 1070. The number of hydrogen-bond donors (Lipinski definition) is 1. The first kappa shape index (κ1) is 19.2. The van der Waals surface area contributed by atoms with Crippen molar-refractivity contribution in [2.45, 2.75) is 0 Å². The third kappa shape index (κ3) is 4.05. The van der Waals surface area contributed by atoms with Gasteiger partial charge in [0.1, 0.15) is 18.4 Å². The molecule has 0 bridgehead atoms. The van der Waals surface area contributed by atoms with Gasteiger partial charge in [0.05, 0.1) is 29.3 Å². The molecule has 0 unspecified atom stereocenters. The van der Waals surface area contributed by atoms with Gasteiger partial charge in [-0.2, -0.15) is 5.26 Å². The molecule has 8 heteroatoms. The predicted octanol–water partition coefficient (Wildman–Crippen LogP) is 1.57. The van der Waals surface area contributed by atoms with Crippen LogP contribution in [0.5, 0.6) is 5.75 Å². The topological polar surface area (TPSA) is 110 Å². The van der Waals surface area contributed by atoms with Gasteiger partial charge < -0.3 is 19.6 Å². The highest BCUT2D eigenvalue weighted by molar-refractivity contribution is 6.11. The van der Waals surface area contributed by atoms with Crippen LogP contribution in [0.3, 0.4) is 0 Å². The van der Waals surface area contributed by atoms with Crippen LogP contribution in [0.15, 0.2) is 42.6 Å². The van der Waals surface area contributed by atoms with E-state index < -0.39 is 11.9 Å². The number of aromatic nitrogens is 1. The molecule has 2 aromatic heterocycles. The number of amides is 1. The van der Waals surface area contributed by atoms with Crippen molar-refractivity contribution in [1.29, 1.82) is 5.26 Å². The van der Waals surface area contributed by atoms with Crippen molar-refractivity contribution in [2.24, 2.45) is 5.73 Å². The first-order valence-electron chi connectivity index (χ1n) is 8.68. The molecule has 3 aromatic rings. The average molecular weight is 380 g/mol. The molecule has 2 N–H and O–H groups in total. The van der Waals surface area contributed by atoms with E-state index in [1.807, 2.05) is 34.7 Å². The Morgan fingerprint density at radius 3 is 2.75 bits per heavy atom. The zero-order valence-corrected chi connectivity index (χ0v) is 15.4. The highest BCUT2D eigenvalue weighted by Crippen LogP contribution is 2.29. The van der Waals surface area contributed by atoms with Gasteiger partial charge in [-0.15, -0.1) is 0 Å². The van der Waals surface area contributed by atoms with E-state index in [-0.39, 0.29) is 19.8 Å². The van der Waals surface area contributed by atoms with E-state index in [2.05, 4.69) is 0 Å². The number of likely N-dealkylation sites (N-methyl/N-ethyl adjacent to an activating group) is 1. The van der Waals surface area contributed by atoms with E-state index in [1.165, 1.54) is 0 Å². The number of carbonyl (C=O) groups excluding carboxylic acids is 2. The third-order valence-electron chi connectivity index (χ3n) is 4.25. The molecule has 28 heavy (non-hydrogen) atoms. The van der Waals surface area contributed by atoms with E-state index in [0.717, 1.165) is 10.9 Å². The first-order valence-corrected chi connectivity index (χ1v) is 8.68. The Hall–Kier alpha value is -3.57. The normalized spacial score (nSPS) is 10.9. The average Bonchev–Trinajstić information content (AvgIpc) is 2.99. The van der Waals surface area contributed by atoms with Gasteiger partial charge in [-0.3, -0.25) is 9.69 Å². The van der Waals surface area contributed by atoms with Crippen molar-refractivity contribution in [1.82, 2.24) is 9.30 Å². The summed E-state index contributed by atoms with van der Waals surface area (Å²) >= 11 is 0. The number of rotatable bonds is 8. The van der Waals surface area contributed by atoms with Crippen LogP contribution < -0.4 is 10.5 Å². The Labute approximate surface area is 161 Å². The van der Waals surface area contributed by atoms with Gasteiger partial charge in [-0.25, -0.2) is 4.79 Å². The fraction of sp³-hybridized carbons (Fsp3) is 0.250. The fourth-order valence-corrected chi connectivity index (χ4v) is 3.04. The number of esters is 1. The summed E-state index contributed by atoms with van der Waals surface area (Å²) in [6.45, 7) is 0.571. The van der Waals surface area contributed by atoms with Gasteiger partial charge in [0.2, 0.25) is 5.91 Å². The minimum Gasteiger partial charge on any atom is -0.477 e. The zero-order valence-electron chi connectivity index (χ0n) is 15.4. The molecule has 1 aromatic carbocycles. The minimum absolute atomic E-state index is 0.0571. The maximum Gasteiger partial charge on any atom is 0.341 e. The number of carbonyl (C=O) groups is 2. The maximum atomic E-state index is 12.8. The number of benzene rings is 1. The van der Waals surface area contributed by atoms with Crippen LogP contribution in [0, 0.1) is 11.3 Å². The quantitative estimate of drug-likeness (QED) is 0.594. The van der Waals surface area contributed by atoms with E-state index in [9.17, 15) is 9.59 Å². The number of para-hydroxylation sites is 1. The summed E-state index contributed by atoms with van der Waals surface area (Å²) in [7, 11) is 1.73. The molecule has 3 rings (SSSR count). The lowest BCUT2D eigenvalue weighted by Gasteiger charge is -2.14. The maximum absolute atomic E-state index is 12.8. The van der Waals surface area contributed by atoms with Crippen molar-refractivity contribution in [3.05, 3.63) is 48.2 Å². The van der Waals surface area contributed by atoms with Crippen LogP contribution in [0.1, 0.15) is 10.4 Å².